The molecule has 1 aromatic rings. The molecule has 0 spiro atoms. The Balaban J connectivity index is 1.86. The first kappa shape index (κ1) is 14.0. The third-order valence-corrected chi connectivity index (χ3v) is 6.11. The van der Waals surface area contributed by atoms with Crippen LogP contribution in [0.3, 0.4) is 0 Å². The van der Waals surface area contributed by atoms with Gasteiger partial charge in [-0.25, -0.2) is 17.5 Å². The van der Waals surface area contributed by atoms with Crippen LogP contribution in [0.5, 0.6) is 0 Å². The Morgan fingerprint density at radius 3 is 2.70 bits per heavy atom. The Morgan fingerprint density at radius 2 is 2.10 bits per heavy atom. The van der Waals surface area contributed by atoms with E-state index in [1.165, 1.54) is 12.5 Å². The Hall–Kier alpha value is -0.980. The van der Waals surface area contributed by atoms with Crippen molar-refractivity contribution in [2.24, 2.45) is 11.8 Å². The Bertz CT molecular complexity index is 617. The van der Waals surface area contributed by atoms with Crippen molar-refractivity contribution >= 4 is 10.0 Å². The fraction of sp³-hybridized carbons (Fsp3) is 0.571. The van der Waals surface area contributed by atoms with Gasteiger partial charge in [0.05, 0.1) is 11.5 Å². The summed E-state index contributed by atoms with van der Waals surface area (Å²) in [6.45, 7) is -0.423. The van der Waals surface area contributed by atoms with Gasteiger partial charge in [0.25, 0.3) is 0 Å². The summed E-state index contributed by atoms with van der Waals surface area (Å²) in [5, 5.41) is 9.22. The van der Waals surface area contributed by atoms with Crippen LogP contribution in [0.1, 0.15) is 31.2 Å². The lowest BCUT2D eigenvalue weighted by Crippen LogP contribution is -2.38. The summed E-state index contributed by atoms with van der Waals surface area (Å²) in [5.41, 5.74) is 0.224. The fourth-order valence-corrected chi connectivity index (χ4v) is 5.12. The summed E-state index contributed by atoms with van der Waals surface area (Å²) in [6, 6.07) is 3.39. The lowest BCUT2D eigenvalue weighted by Gasteiger charge is -2.23. The van der Waals surface area contributed by atoms with Gasteiger partial charge in [-0.05, 0) is 48.8 Å². The van der Waals surface area contributed by atoms with Crippen LogP contribution in [0.2, 0.25) is 0 Å². The zero-order valence-corrected chi connectivity index (χ0v) is 11.9. The minimum Gasteiger partial charge on any atom is -0.392 e. The molecule has 0 aliphatic heterocycles. The zero-order valence-electron chi connectivity index (χ0n) is 11.0. The van der Waals surface area contributed by atoms with E-state index in [1.54, 1.807) is 0 Å². The van der Waals surface area contributed by atoms with Crippen molar-refractivity contribution in [2.45, 2.75) is 43.2 Å². The van der Waals surface area contributed by atoms with E-state index in [9.17, 15) is 17.9 Å². The second kappa shape index (κ2) is 5.09. The van der Waals surface area contributed by atoms with Crippen LogP contribution in [-0.2, 0) is 16.6 Å². The molecule has 0 heterocycles. The highest BCUT2D eigenvalue weighted by Crippen LogP contribution is 2.44. The van der Waals surface area contributed by atoms with E-state index in [4.69, 9.17) is 0 Å². The van der Waals surface area contributed by atoms with Crippen LogP contribution in [0.4, 0.5) is 4.39 Å². The normalized spacial score (nSPS) is 29.0. The molecular weight excluding hydrogens is 281 g/mol. The summed E-state index contributed by atoms with van der Waals surface area (Å²) < 4.78 is 40.8. The maximum absolute atomic E-state index is 13.3. The molecular formula is C14H18FNO3S. The first-order valence-corrected chi connectivity index (χ1v) is 8.39. The highest BCUT2D eigenvalue weighted by Gasteiger charge is 2.41. The van der Waals surface area contributed by atoms with Gasteiger partial charge in [-0.15, -0.1) is 0 Å². The first-order valence-electron chi connectivity index (χ1n) is 6.91. The van der Waals surface area contributed by atoms with Crippen LogP contribution in [0.25, 0.3) is 0 Å². The summed E-state index contributed by atoms with van der Waals surface area (Å²) in [7, 11) is -3.78. The lowest BCUT2D eigenvalue weighted by molar-refractivity contribution is 0.278. The van der Waals surface area contributed by atoms with Gasteiger partial charge in [-0.3, -0.25) is 0 Å². The molecule has 3 unspecified atom stereocenters. The molecule has 2 saturated carbocycles. The first-order chi connectivity index (χ1) is 9.49. The molecule has 4 nitrogen and oxygen atoms in total. The number of sulfonamides is 1. The largest absolute Gasteiger partial charge is 0.392 e. The predicted octanol–water partition coefficient (Wildman–Crippen LogP) is 1.78. The summed E-state index contributed by atoms with van der Waals surface area (Å²) in [4.78, 5) is -0.150. The van der Waals surface area contributed by atoms with Gasteiger partial charge < -0.3 is 5.11 Å². The van der Waals surface area contributed by atoms with Crippen molar-refractivity contribution in [1.29, 1.82) is 0 Å². The molecule has 6 heteroatoms. The minimum absolute atomic E-state index is 0.0476. The number of benzene rings is 1. The summed E-state index contributed by atoms with van der Waals surface area (Å²) in [6.07, 6.45) is 4.20. The molecule has 3 rings (SSSR count). The number of halogens is 1. The molecule has 0 amide bonds. The monoisotopic (exact) mass is 299 g/mol. The molecule has 2 fully saturated rings. The van der Waals surface area contributed by atoms with Crippen LogP contribution in [0.15, 0.2) is 23.1 Å². The van der Waals surface area contributed by atoms with Crippen molar-refractivity contribution in [2.75, 3.05) is 0 Å². The quantitative estimate of drug-likeness (QED) is 0.890. The second-order valence-corrected chi connectivity index (χ2v) is 7.50. The molecule has 1 aromatic carbocycles. The molecule has 0 aromatic heterocycles. The van der Waals surface area contributed by atoms with Crippen molar-refractivity contribution in [3.05, 3.63) is 29.6 Å². The van der Waals surface area contributed by atoms with E-state index in [-0.39, 0.29) is 16.5 Å². The van der Waals surface area contributed by atoms with Gasteiger partial charge in [-0.2, -0.15) is 0 Å². The van der Waals surface area contributed by atoms with Gasteiger partial charge in [0.15, 0.2) is 0 Å². The maximum Gasteiger partial charge on any atom is 0.241 e. The highest BCUT2D eigenvalue weighted by molar-refractivity contribution is 7.89. The number of fused-ring (bicyclic) bond motifs is 2. The van der Waals surface area contributed by atoms with E-state index in [0.717, 1.165) is 31.4 Å². The zero-order chi connectivity index (χ0) is 14.3. The van der Waals surface area contributed by atoms with Crippen molar-refractivity contribution in [1.82, 2.24) is 4.72 Å². The highest BCUT2D eigenvalue weighted by atomic mass is 32.2. The molecule has 20 heavy (non-hydrogen) atoms. The third kappa shape index (κ3) is 2.47. The number of aliphatic hydroxyl groups is 1. The van der Waals surface area contributed by atoms with Gasteiger partial charge in [0.1, 0.15) is 5.82 Å². The molecule has 2 N–H and O–H groups in total. The third-order valence-electron chi connectivity index (χ3n) is 4.53. The van der Waals surface area contributed by atoms with Crippen molar-refractivity contribution < 1.29 is 17.9 Å². The van der Waals surface area contributed by atoms with Crippen LogP contribution in [-0.4, -0.2) is 19.6 Å². The molecule has 0 saturated heterocycles. The van der Waals surface area contributed by atoms with Crippen molar-refractivity contribution in [3.63, 3.8) is 0 Å². The number of hydrogen-bond acceptors (Lipinski definition) is 3. The second-order valence-electron chi connectivity index (χ2n) is 5.81. The SMILES string of the molecule is O=S(=O)(NC1CC2CCC1C2)c1cc(F)ccc1CO. The van der Waals surface area contributed by atoms with Crippen LogP contribution in [0, 0.1) is 17.7 Å². The Labute approximate surface area is 118 Å². The fourth-order valence-electron chi connectivity index (χ4n) is 3.56. The van der Waals surface area contributed by atoms with Gasteiger partial charge in [0.2, 0.25) is 10.0 Å². The molecule has 2 bridgehead atoms. The van der Waals surface area contributed by atoms with Crippen molar-refractivity contribution in [3.8, 4) is 0 Å². The number of hydrogen-bond donors (Lipinski definition) is 2. The predicted molar refractivity (Wildman–Crippen MR) is 71.9 cm³/mol. The minimum atomic E-state index is -3.78. The molecule has 2 aliphatic rings. The summed E-state index contributed by atoms with van der Waals surface area (Å²) >= 11 is 0. The molecule has 0 radical (unpaired) electrons. The number of nitrogens with one attached hydrogen (secondary N) is 1. The van der Waals surface area contributed by atoms with E-state index >= 15 is 0 Å². The van der Waals surface area contributed by atoms with E-state index < -0.39 is 22.4 Å². The molecule has 2 aliphatic carbocycles. The average molecular weight is 299 g/mol. The topological polar surface area (TPSA) is 66.4 Å². The number of rotatable bonds is 4. The van der Waals surface area contributed by atoms with Gasteiger partial charge in [0, 0.05) is 6.04 Å². The van der Waals surface area contributed by atoms with E-state index in [1.807, 2.05) is 0 Å². The lowest BCUT2D eigenvalue weighted by atomic mass is 9.96. The smallest absolute Gasteiger partial charge is 0.241 e. The average Bonchev–Trinajstić information content (AvgIpc) is 3.00. The standard InChI is InChI=1S/C14H18FNO3S/c15-12-4-3-11(8-17)14(7-12)20(18,19)16-13-6-9-1-2-10(13)5-9/h3-4,7,9-10,13,16-17H,1-2,5-6,8H2. The molecule has 3 atom stereocenters. The Kier molecular flexibility index (Phi) is 3.56. The molecule has 110 valence electrons. The van der Waals surface area contributed by atoms with E-state index in [0.29, 0.717) is 11.8 Å². The maximum atomic E-state index is 13.3. The van der Waals surface area contributed by atoms with Crippen LogP contribution < -0.4 is 4.72 Å². The number of aliphatic hydroxyl groups excluding tert-OH is 1. The van der Waals surface area contributed by atoms with E-state index in [2.05, 4.69) is 4.72 Å². The summed E-state index contributed by atoms with van der Waals surface area (Å²) in [5.74, 6) is 0.411. The Morgan fingerprint density at radius 1 is 1.30 bits per heavy atom. The van der Waals surface area contributed by atoms with Crippen LogP contribution >= 0.6 is 0 Å². The van der Waals surface area contributed by atoms with Gasteiger partial charge in [-0.1, -0.05) is 12.5 Å². The van der Waals surface area contributed by atoms with Gasteiger partial charge >= 0.3 is 0 Å².